The highest BCUT2D eigenvalue weighted by Crippen LogP contribution is 2.25. The summed E-state index contributed by atoms with van der Waals surface area (Å²) in [7, 11) is 0. The predicted octanol–water partition coefficient (Wildman–Crippen LogP) is 3.38. The van der Waals surface area contributed by atoms with E-state index in [-0.39, 0.29) is 4.99 Å². The van der Waals surface area contributed by atoms with E-state index in [1.165, 1.54) is 10.1 Å². The van der Waals surface area contributed by atoms with Gasteiger partial charge in [-0.3, -0.25) is 0 Å². The lowest BCUT2D eigenvalue weighted by Crippen LogP contribution is -2.13. The van der Waals surface area contributed by atoms with Crippen LogP contribution in [0.25, 0.3) is 10.1 Å². The molecule has 2 aromatic heterocycles. The Morgan fingerprint density at radius 1 is 1.25 bits per heavy atom. The molecule has 0 amide bonds. The first-order valence-electron chi connectivity index (χ1n) is 6.01. The van der Waals surface area contributed by atoms with E-state index in [1.807, 2.05) is 13.0 Å². The van der Waals surface area contributed by atoms with Gasteiger partial charge in [0.15, 0.2) is 0 Å². The summed E-state index contributed by atoms with van der Waals surface area (Å²) in [5, 5.41) is 6.46. The van der Waals surface area contributed by atoms with Crippen LogP contribution in [-0.2, 0) is 0 Å². The fraction of sp³-hybridized carbons (Fsp3) is 0.0714. The van der Waals surface area contributed by atoms with Gasteiger partial charge in [-0.2, -0.15) is 0 Å². The van der Waals surface area contributed by atoms with Gasteiger partial charge >= 0.3 is 0 Å². The second-order valence-corrected chi connectivity index (χ2v) is 5.77. The van der Waals surface area contributed by atoms with Gasteiger partial charge in [0.25, 0.3) is 0 Å². The number of thiocarbonyl (C=S) groups is 1. The smallest absolute Gasteiger partial charge is 0.228 e. The maximum Gasteiger partial charge on any atom is 0.228 e. The number of rotatable bonds is 3. The summed E-state index contributed by atoms with van der Waals surface area (Å²) in [4.78, 5) is 8.92. The molecule has 100 valence electrons. The first-order valence-corrected chi connectivity index (χ1v) is 7.30. The molecule has 0 aliphatic carbocycles. The minimum absolute atomic E-state index is 0.270. The minimum Gasteiger partial charge on any atom is -0.388 e. The van der Waals surface area contributed by atoms with Crippen molar-refractivity contribution in [2.24, 2.45) is 5.73 Å². The molecule has 0 aliphatic heterocycles. The Labute approximate surface area is 125 Å². The van der Waals surface area contributed by atoms with E-state index in [0.717, 1.165) is 11.4 Å². The fourth-order valence-electron chi connectivity index (χ4n) is 1.92. The molecule has 0 aliphatic rings. The van der Waals surface area contributed by atoms with Crippen molar-refractivity contribution in [3.8, 4) is 0 Å². The maximum atomic E-state index is 5.62. The SMILES string of the molecule is Cc1cc(C(N)=S)nc(Nc2ccc3sccc3c2)n1. The number of nitrogens with zero attached hydrogens (tertiary/aromatic N) is 2. The number of fused-ring (bicyclic) bond motifs is 1. The molecular weight excluding hydrogens is 288 g/mol. The number of nitrogens with one attached hydrogen (secondary N) is 1. The summed E-state index contributed by atoms with van der Waals surface area (Å²) in [6, 6.07) is 10.0. The predicted molar refractivity (Wildman–Crippen MR) is 87.8 cm³/mol. The molecule has 0 radical (unpaired) electrons. The number of benzene rings is 1. The van der Waals surface area contributed by atoms with Crippen molar-refractivity contribution in [3.05, 3.63) is 47.1 Å². The van der Waals surface area contributed by atoms with Crippen molar-refractivity contribution in [1.29, 1.82) is 0 Å². The molecular formula is C14H12N4S2. The highest BCUT2D eigenvalue weighted by Gasteiger charge is 2.05. The normalized spacial score (nSPS) is 10.7. The van der Waals surface area contributed by atoms with Crippen LogP contribution < -0.4 is 11.1 Å². The Bertz CT molecular complexity index is 795. The Kier molecular flexibility index (Phi) is 3.33. The average molecular weight is 300 g/mol. The molecule has 3 rings (SSSR count). The molecule has 0 bridgehead atoms. The summed E-state index contributed by atoms with van der Waals surface area (Å²) in [5.41, 5.74) is 7.96. The summed E-state index contributed by atoms with van der Waals surface area (Å²) in [6.45, 7) is 1.89. The van der Waals surface area contributed by atoms with Crippen LogP contribution in [0.2, 0.25) is 0 Å². The Balaban J connectivity index is 1.95. The van der Waals surface area contributed by atoms with Crippen LogP contribution in [-0.4, -0.2) is 15.0 Å². The van der Waals surface area contributed by atoms with Crippen molar-refractivity contribution in [1.82, 2.24) is 9.97 Å². The van der Waals surface area contributed by atoms with E-state index in [0.29, 0.717) is 11.6 Å². The summed E-state index contributed by atoms with van der Waals surface area (Å²) in [5.74, 6) is 0.502. The third kappa shape index (κ3) is 2.61. The van der Waals surface area contributed by atoms with Gasteiger partial charge in [0.1, 0.15) is 10.7 Å². The molecule has 0 atom stereocenters. The molecule has 0 spiro atoms. The van der Waals surface area contributed by atoms with Gasteiger partial charge in [-0.05, 0) is 48.0 Å². The lowest BCUT2D eigenvalue weighted by molar-refractivity contribution is 1.09. The topological polar surface area (TPSA) is 63.8 Å². The molecule has 20 heavy (non-hydrogen) atoms. The quantitative estimate of drug-likeness (QED) is 0.726. The lowest BCUT2D eigenvalue weighted by Gasteiger charge is -2.07. The number of hydrogen-bond acceptors (Lipinski definition) is 5. The van der Waals surface area contributed by atoms with Crippen LogP contribution in [0.3, 0.4) is 0 Å². The number of thiophene rings is 1. The Hall–Kier alpha value is -2.05. The van der Waals surface area contributed by atoms with E-state index in [9.17, 15) is 0 Å². The summed E-state index contributed by atoms with van der Waals surface area (Å²) >= 11 is 6.68. The third-order valence-electron chi connectivity index (χ3n) is 2.82. The first kappa shape index (κ1) is 13.0. The van der Waals surface area contributed by atoms with Crippen molar-refractivity contribution < 1.29 is 0 Å². The minimum atomic E-state index is 0.270. The molecule has 0 saturated heterocycles. The van der Waals surface area contributed by atoms with Crippen LogP contribution in [0.4, 0.5) is 11.6 Å². The molecule has 3 N–H and O–H groups in total. The number of hydrogen-bond donors (Lipinski definition) is 2. The van der Waals surface area contributed by atoms with Crippen molar-refractivity contribution in [2.75, 3.05) is 5.32 Å². The van der Waals surface area contributed by atoms with E-state index in [4.69, 9.17) is 18.0 Å². The monoisotopic (exact) mass is 300 g/mol. The number of aryl methyl sites for hydroxylation is 1. The van der Waals surface area contributed by atoms with E-state index < -0.39 is 0 Å². The van der Waals surface area contributed by atoms with E-state index in [2.05, 4.69) is 38.9 Å². The zero-order valence-electron chi connectivity index (χ0n) is 10.8. The maximum absolute atomic E-state index is 5.62. The van der Waals surface area contributed by atoms with Gasteiger partial charge in [0, 0.05) is 16.1 Å². The second-order valence-electron chi connectivity index (χ2n) is 4.38. The average Bonchev–Trinajstić information content (AvgIpc) is 2.85. The molecule has 2 heterocycles. The molecule has 6 heteroatoms. The number of aromatic nitrogens is 2. The van der Waals surface area contributed by atoms with Gasteiger partial charge in [0.2, 0.25) is 5.95 Å². The molecule has 1 aromatic carbocycles. The zero-order chi connectivity index (χ0) is 14.1. The molecule has 0 unspecified atom stereocenters. The zero-order valence-corrected chi connectivity index (χ0v) is 12.4. The molecule has 0 fully saturated rings. The fourth-order valence-corrected chi connectivity index (χ4v) is 2.80. The molecule has 4 nitrogen and oxygen atoms in total. The van der Waals surface area contributed by atoms with Crippen molar-refractivity contribution in [3.63, 3.8) is 0 Å². The first-order chi connectivity index (χ1) is 9.61. The standard InChI is InChI=1S/C14H12N4S2/c1-8-6-11(13(15)19)18-14(16-8)17-10-2-3-12-9(7-10)4-5-20-12/h2-7H,1H3,(H2,15,19)(H,16,17,18). The Morgan fingerprint density at radius 2 is 2.10 bits per heavy atom. The van der Waals surface area contributed by atoms with Crippen LogP contribution >= 0.6 is 23.6 Å². The summed E-state index contributed by atoms with van der Waals surface area (Å²) < 4.78 is 1.25. The van der Waals surface area contributed by atoms with Crippen LogP contribution in [0.1, 0.15) is 11.4 Å². The largest absolute Gasteiger partial charge is 0.388 e. The highest BCUT2D eigenvalue weighted by molar-refractivity contribution is 7.80. The van der Waals surface area contributed by atoms with E-state index in [1.54, 1.807) is 17.4 Å². The Morgan fingerprint density at radius 3 is 2.90 bits per heavy atom. The molecule has 3 aromatic rings. The van der Waals surface area contributed by atoms with Gasteiger partial charge in [0.05, 0.1) is 0 Å². The van der Waals surface area contributed by atoms with Gasteiger partial charge in [-0.15, -0.1) is 11.3 Å². The van der Waals surface area contributed by atoms with Crippen molar-refractivity contribution in [2.45, 2.75) is 6.92 Å². The van der Waals surface area contributed by atoms with Crippen molar-refractivity contribution >= 4 is 50.3 Å². The molecule has 0 saturated carbocycles. The van der Waals surface area contributed by atoms with Crippen LogP contribution in [0.15, 0.2) is 35.7 Å². The highest BCUT2D eigenvalue weighted by atomic mass is 32.1. The second kappa shape index (κ2) is 5.15. The number of nitrogens with two attached hydrogens (primary N) is 1. The van der Waals surface area contributed by atoms with Crippen LogP contribution in [0.5, 0.6) is 0 Å². The van der Waals surface area contributed by atoms with Gasteiger partial charge in [-0.25, -0.2) is 9.97 Å². The van der Waals surface area contributed by atoms with Gasteiger partial charge < -0.3 is 11.1 Å². The van der Waals surface area contributed by atoms with E-state index >= 15 is 0 Å². The lowest BCUT2D eigenvalue weighted by atomic mass is 10.2. The third-order valence-corrected chi connectivity index (χ3v) is 3.92. The van der Waals surface area contributed by atoms with Gasteiger partial charge in [-0.1, -0.05) is 12.2 Å². The van der Waals surface area contributed by atoms with Crippen LogP contribution in [0, 0.1) is 6.92 Å². The number of anilines is 2. The summed E-state index contributed by atoms with van der Waals surface area (Å²) in [6.07, 6.45) is 0.